The van der Waals surface area contributed by atoms with E-state index in [-0.39, 0.29) is 11.7 Å². The Bertz CT molecular complexity index is 2760. The van der Waals surface area contributed by atoms with Crippen LogP contribution in [0.4, 0.5) is 17.1 Å². The normalized spacial score (nSPS) is 18.5. The summed E-state index contributed by atoms with van der Waals surface area (Å²) in [7, 11) is 0. The number of Topliss-reactive ketones (excluding diaryl/α,β-unsaturated/α-hetero) is 1. The number of anilines is 3. The van der Waals surface area contributed by atoms with Gasteiger partial charge in [0.2, 0.25) is 0 Å². The first kappa shape index (κ1) is 30.7. The van der Waals surface area contributed by atoms with Crippen molar-refractivity contribution >= 4 is 56.0 Å². The first-order valence-electron chi connectivity index (χ1n) is 18.2. The van der Waals surface area contributed by atoms with E-state index in [0.717, 1.165) is 22.6 Å². The van der Waals surface area contributed by atoms with Crippen LogP contribution in [0.25, 0.3) is 27.8 Å². The van der Waals surface area contributed by atoms with Crippen LogP contribution in [0, 0.1) is 5.92 Å². The van der Waals surface area contributed by atoms with E-state index in [2.05, 4.69) is 181 Å². The molecule has 0 aromatic heterocycles. The van der Waals surface area contributed by atoms with E-state index in [9.17, 15) is 4.79 Å². The van der Waals surface area contributed by atoms with Crippen LogP contribution in [0.1, 0.15) is 32.6 Å². The molecule has 0 saturated carbocycles. The molecule has 7 aromatic rings. The number of nitrogens with zero attached hydrogens (tertiary/aromatic N) is 1. The number of benzene rings is 7. The molecule has 11 rings (SSSR count). The number of para-hydroxylation sites is 1. The van der Waals surface area contributed by atoms with Crippen molar-refractivity contribution in [3.8, 4) is 22.3 Å². The SMILES string of the molecule is O=C1c2ccccc2[Te]=C2C=C3C(=CC12)C1(c2ccccc23)c2ccccc2-c2cc(N(c3ccccc3)c3cccc(-c4ccccc4)c3)ccc21. The van der Waals surface area contributed by atoms with Crippen LogP contribution >= 0.6 is 0 Å². The number of carbonyl (C=O) groups excluding carboxylic acids is 1. The summed E-state index contributed by atoms with van der Waals surface area (Å²) in [6.45, 7) is 0. The summed E-state index contributed by atoms with van der Waals surface area (Å²) < 4.78 is 2.58. The number of allylic oxidation sites excluding steroid dienone is 4. The van der Waals surface area contributed by atoms with Gasteiger partial charge in [0, 0.05) is 0 Å². The fourth-order valence-electron chi connectivity index (χ4n) is 9.21. The van der Waals surface area contributed by atoms with Crippen molar-refractivity contribution in [2.24, 2.45) is 5.92 Å². The van der Waals surface area contributed by atoms with Crippen LogP contribution in [0.5, 0.6) is 0 Å². The summed E-state index contributed by atoms with van der Waals surface area (Å²) >= 11 is -0.672. The summed E-state index contributed by atoms with van der Waals surface area (Å²) in [4.78, 5) is 16.6. The molecule has 0 fully saturated rings. The summed E-state index contributed by atoms with van der Waals surface area (Å²) in [5.74, 6) is 0.0251. The molecule has 3 heteroatoms. The van der Waals surface area contributed by atoms with Crippen molar-refractivity contribution in [3.05, 3.63) is 221 Å². The second kappa shape index (κ2) is 11.8. The van der Waals surface area contributed by atoms with Gasteiger partial charge >= 0.3 is 249 Å². The molecular weight excluding hydrogens is 758 g/mol. The molecule has 2 unspecified atom stereocenters. The Labute approximate surface area is 319 Å². The molecule has 0 bridgehead atoms. The summed E-state index contributed by atoms with van der Waals surface area (Å²) in [5.41, 5.74) is 16.2. The molecule has 1 aliphatic heterocycles. The van der Waals surface area contributed by atoms with Crippen LogP contribution in [0.2, 0.25) is 0 Å². The van der Waals surface area contributed by atoms with Gasteiger partial charge in [-0.1, -0.05) is 60.7 Å². The van der Waals surface area contributed by atoms with Gasteiger partial charge in [-0.15, -0.1) is 0 Å². The number of hydrogen-bond acceptors (Lipinski definition) is 2. The van der Waals surface area contributed by atoms with Crippen LogP contribution in [0.3, 0.4) is 0 Å². The van der Waals surface area contributed by atoms with E-state index in [0.29, 0.717) is 0 Å². The van der Waals surface area contributed by atoms with E-state index < -0.39 is 25.9 Å². The third-order valence-electron chi connectivity index (χ3n) is 11.4. The molecule has 53 heavy (non-hydrogen) atoms. The zero-order valence-electron chi connectivity index (χ0n) is 28.7. The zero-order chi connectivity index (χ0) is 35.1. The average molecular weight is 790 g/mol. The number of ketones is 1. The molecule has 4 aliphatic rings. The fourth-order valence-corrected chi connectivity index (χ4v) is 12.5. The van der Waals surface area contributed by atoms with Gasteiger partial charge in [0.1, 0.15) is 0 Å². The third-order valence-corrected chi connectivity index (χ3v) is 14.8. The standard InChI is InChI=1S/C50H32NOTe/c52-49-39-22-9-12-25-47(39)53-48-31-41-38-21-8-11-24-44(38)50(46(41)30-42(48)49)43-23-10-7-20-37(43)40-29-36(26-27-45(40)50)51(34-17-5-2-6-18-34)35-19-13-16-33(28-35)32-14-3-1-4-15-32/h1-31,42H. The van der Waals surface area contributed by atoms with Gasteiger partial charge in [-0.05, 0) is 11.1 Å². The Morgan fingerprint density at radius 2 is 1.09 bits per heavy atom. The van der Waals surface area contributed by atoms with E-state index in [1.807, 2.05) is 12.1 Å². The molecule has 7 aromatic carbocycles. The van der Waals surface area contributed by atoms with Gasteiger partial charge < -0.3 is 0 Å². The van der Waals surface area contributed by atoms with Gasteiger partial charge in [-0.2, -0.15) is 0 Å². The van der Waals surface area contributed by atoms with Crippen molar-refractivity contribution in [1.29, 1.82) is 0 Å². The second-order valence-corrected chi connectivity index (χ2v) is 17.3. The zero-order valence-corrected chi connectivity index (χ0v) is 31.1. The van der Waals surface area contributed by atoms with Gasteiger partial charge in [0.25, 0.3) is 0 Å². The Hall–Kier alpha value is -5.85. The summed E-state index contributed by atoms with van der Waals surface area (Å²) in [5, 5.41) is 0. The molecule has 249 valence electrons. The molecule has 2 atom stereocenters. The molecule has 0 saturated heterocycles. The Balaban J connectivity index is 1.13. The minimum atomic E-state index is -0.672. The summed E-state index contributed by atoms with van der Waals surface area (Å²) in [6, 6.07) is 63.3. The minimum absolute atomic E-state index is 0.210. The van der Waals surface area contributed by atoms with E-state index in [4.69, 9.17) is 0 Å². The molecule has 0 amide bonds. The molecular formula is C50H32NOTe. The first-order chi connectivity index (χ1) is 26.2. The molecule has 3 aliphatic carbocycles. The quantitative estimate of drug-likeness (QED) is 0.166. The van der Waals surface area contributed by atoms with Gasteiger partial charge in [0.05, 0.1) is 0 Å². The summed E-state index contributed by atoms with van der Waals surface area (Å²) in [6.07, 6.45) is 4.77. The average Bonchev–Trinajstić information content (AvgIpc) is 3.68. The number of carbonyl (C=O) groups is 1. The third kappa shape index (κ3) is 4.45. The van der Waals surface area contributed by atoms with Gasteiger partial charge in [0.15, 0.2) is 0 Å². The molecule has 1 heterocycles. The van der Waals surface area contributed by atoms with Crippen molar-refractivity contribution in [2.75, 3.05) is 4.90 Å². The first-order valence-corrected chi connectivity index (χ1v) is 20.5. The van der Waals surface area contributed by atoms with Crippen LogP contribution in [-0.2, 0) is 5.41 Å². The maximum atomic E-state index is 14.2. The molecule has 0 N–H and O–H groups in total. The van der Waals surface area contributed by atoms with Crippen LogP contribution in [-0.4, -0.2) is 29.8 Å². The predicted octanol–water partition coefficient (Wildman–Crippen LogP) is 10.5. The van der Waals surface area contributed by atoms with Crippen molar-refractivity contribution in [2.45, 2.75) is 5.41 Å². The van der Waals surface area contributed by atoms with Gasteiger partial charge in [-0.25, -0.2) is 0 Å². The van der Waals surface area contributed by atoms with E-state index in [1.165, 1.54) is 62.8 Å². The topological polar surface area (TPSA) is 20.3 Å². The van der Waals surface area contributed by atoms with Gasteiger partial charge in [-0.3, -0.25) is 0 Å². The Morgan fingerprint density at radius 1 is 0.491 bits per heavy atom. The Kier molecular flexibility index (Phi) is 6.87. The molecule has 2 nitrogen and oxygen atoms in total. The molecule has 1 spiro atoms. The second-order valence-electron chi connectivity index (χ2n) is 14.1. The fraction of sp³-hybridized carbons (Fsp3) is 0.0400. The number of hydrogen-bond donors (Lipinski definition) is 0. The predicted molar refractivity (Wildman–Crippen MR) is 219 cm³/mol. The molecule has 1 radical (unpaired) electrons. The number of rotatable bonds is 4. The van der Waals surface area contributed by atoms with Crippen molar-refractivity contribution < 1.29 is 4.79 Å². The maximum absolute atomic E-state index is 14.2. The van der Waals surface area contributed by atoms with Crippen molar-refractivity contribution in [3.63, 3.8) is 0 Å². The van der Waals surface area contributed by atoms with Crippen LogP contribution in [0.15, 0.2) is 194 Å². The van der Waals surface area contributed by atoms with E-state index >= 15 is 0 Å². The monoisotopic (exact) mass is 792 g/mol. The van der Waals surface area contributed by atoms with Crippen LogP contribution < -0.4 is 8.51 Å². The Morgan fingerprint density at radius 3 is 1.91 bits per heavy atom. The van der Waals surface area contributed by atoms with E-state index in [1.54, 1.807) is 0 Å². The van der Waals surface area contributed by atoms with Crippen molar-refractivity contribution in [1.82, 2.24) is 0 Å². The number of fused-ring (bicyclic) bond motifs is 12.